The number of anilines is 1. The van der Waals surface area contributed by atoms with Gasteiger partial charge in [0.15, 0.2) is 0 Å². The zero-order chi connectivity index (χ0) is 12.8. The number of aliphatic hydroxyl groups is 1. The summed E-state index contributed by atoms with van der Waals surface area (Å²) in [5.41, 5.74) is 2.15. The molecule has 0 saturated carbocycles. The summed E-state index contributed by atoms with van der Waals surface area (Å²) >= 11 is 0. The maximum Gasteiger partial charge on any atom is 0.125 e. The summed E-state index contributed by atoms with van der Waals surface area (Å²) in [6.45, 7) is 3.03. The van der Waals surface area contributed by atoms with Crippen molar-refractivity contribution >= 4 is 5.69 Å². The normalized spacial score (nSPS) is 10.3. The van der Waals surface area contributed by atoms with Crippen LogP contribution in [0.3, 0.4) is 0 Å². The number of nitrogens with one attached hydrogen (secondary N) is 1. The van der Waals surface area contributed by atoms with Crippen molar-refractivity contribution in [2.75, 3.05) is 18.5 Å². The molecule has 0 saturated heterocycles. The molecule has 2 aromatic rings. The molecule has 2 N–H and O–H groups in total. The molecular weight excluding hydrogens is 230 g/mol. The molecule has 0 aliphatic carbocycles. The summed E-state index contributed by atoms with van der Waals surface area (Å²) < 4.78 is 10.6. The fourth-order valence-electron chi connectivity index (χ4n) is 1.60. The van der Waals surface area contributed by atoms with Gasteiger partial charge in [-0.1, -0.05) is 0 Å². The van der Waals surface area contributed by atoms with E-state index in [4.69, 9.17) is 14.3 Å². The molecule has 0 spiro atoms. The Hall–Kier alpha value is -1.94. The van der Waals surface area contributed by atoms with E-state index in [1.54, 1.807) is 6.26 Å². The number of rotatable bonds is 6. The SMILES string of the molecule is Cc1ccoc1CNc1ccc(OCCO)cc1. The van der Waals surface area contributed by atoms with Crippen LogP contribution in [0.2, 0.25) is 0 Å². The van der Waals surface area contributed by atoms with E-state index in [9.17, 15) is 0 Å². The number of aryl methyl sites for hydroxylation is 1. The molecule has 0 fully saturated rings. The smallest absolute Gasteiger partial charge is 0.125 e. The molecule has 0 bridgehead atoms. The lowest BCUT2D eigenvalue weighted by atomic mass is 10.2. The van der Waals surface area contributed by atoms with E-state index < -0.39 is 0 Å². The average Bonchev–Trinajstić information content (AvgIpc) is 2.81. The van der Waals surface area contributed by atoms with Gasteiger partial charge in [0.2, 0.25) is 0 Å². The summed E-state index contributed by atoms with van der Waals surface area (Å²) in [5, 5.41) is 11.9. The van der Waals surface area contributed by atoms with Crippen LogP contribution in [0.15, 0.2) is 41.0 Å². The minimum Gasteiger partial charge on any atom is -0.491 e. The highest BCUT2D eigenvalue weighted by Crippen LogP contribution is 2.17. The van der Waals surface area contributed by atoms with E-state index in [0.717, 1.165) is 22.8 Å². The van der Waals surface area contributed by atoms with Crippen LogP contribution >= 0.6 is 0 Å². The summed E-state index contributed by atoms with van der Waals surface area (Å²) in [6.07, 6.45) is 1.69. The van der Waals surface area contributed by atoms with Crippen molar-refractivity contribution < 1.29 is 14.3 Å². The summed E-state index contributed by atoms with van der Waals surface area (Å²) in [6, 6.07) is 9.55. The molecule has 0 amide bonds. The first-order valence-electron chi connectivity index (χ1n) is 5.90. The van der Waals surface area contributed by atoms with Crippen molar-refractivity contribution in [2.24, 2.45) is 0 Å². The van der Waals surface area contributed by atoms with Gasteiger partial charge in [-0.25, -0.2) is 0 Å². The second-order valence-electron chi connectivity index (χ2n) is 3.98. The van der Waals surface area contributed by atoms with Crippen LogP contribution in [0.4, 0.5) is 5.69 Å². The Labute approximate surface area is 106 Å². The van der Waals surface area contributed by atoms with Crippen molar-refractivity contribution in [1.82, 2.24) is 0 Å². The van der Waals surface area contributed by atoms with Gasteiger partial charge in [-0.3, -0.25) is 0 Å². The molecule has 96 valence electrons. The van der Waals surface area contributed by atoms with E-state index in [-0.39, 0.29) is 6.61 Å². The second kappa shape index (κ2) is 6.12. The van der Waals surface area contributed by atoms with Crippen LogP contribution < -0.4 is 10.1 Å². The molecule has 2 rings (SSSR count). The van der Waals surface area contributed by atoms with Gasteiger partial charge in [-0.2, -0.15) is 0 Å². The van der Waals surface area contributed by atoms with Crippen molar-refractivity contribution in [3.05, 3.63) is 47.9 Å². The van der Waals surface area contributed by atoms with E-state index in [0.29, 0.717) is 13.2 Å². The highest BCUT2D eigenvalue weighted by Gasteiger charge is 2.01. The minimum absolute atomic E-state index is 0.0256. The third-order valence-corrected chi connectivity index (χ3v) is 2.64. The van der Waals surface area contributed by atoms with Crippen molar-refractivity contribution in [3.8, 4) is 5.75 Å². The molecule has 1 aromatic heterocycles. The average molecular weight is 247 g/mol. The summed E-state index contributed by atoms with van der Waals surface area (Å²) in [7, 11) is 0. The van der Waals surface area contributed by atoms with Crippen LogP contribution in [0, 0.1) is 6.92 Å². The van der Waals surface area contributed by atoms with Crippen molar-refractivity contribution in [1.29, 1.82) is 0 Å². The Balaban J connectivity index is 1.88. The maximum atomic E-state index is 8.65. The first-order chi connectivity index (χ1) is 8.79. The van der Waals surface area contributed by atoms with E-state index >= 15 is 0 Å². The zero-order valence-corrected chi connectivity index (χ0v) is 10.3. The minimum atomic E-state index is 0.0256. The van der Waals surface area contributed by atoms with Crippen LogP contribution in [0.1, 0.15) is 11.3 Å². The maximum absolute atomic E-state index is 8.65. The molecule has 0 aliphatic heterocycles. The molecule has 0 radical (unpaired) electrons. The standard InChI is InChI=1S/C14H17NO3/c1-11-6-8-18-14(11)10-15-12-2-4-13(5-3-12)17-9-7-16/h2-6,8,15-16H,7,9-10H2,1H3. The first kappa shape index (κ1) is 12.5. The lowest BCUT2D eigenvalue weighted by Crippen LogP contribution is -2.02. The largest absolute Gasteiger partial charge is 0.491 e. The van der Waals surface area contributed by atoms with Crippen LogP contribution in [-0.4, -0.2) is 18.3 Å². The van der Waals surface area contributed by atoms with E-state index in [2.05, 4.69) is 5.32 Å². The van der Waals surface area contributed by atoms with Gasteiger partial charge in [0.05, 0.1) is 19.4 Å². The van der Waals surface area contributed by atoms with E-state index in [1.807, 2.05) is 37.3 Å². The quantitative estimate of drug-likeness (QED) is 0.823. The molecule has 1 heterocycles. The molecule has 4 heteroatoms. The van der Waals surface area contributed by atoms with Crippen LogP contribution in [0.25, 0.3) is 0 Å². The Morgan fingerprint density at radius 2 is 2.00 bits per heavy atom. The van der Waals surface area contributed by atoms with Gasteiger partial charge < -0.3 is 19.6 Å². The molecule has 4 nitrogen and oxygen atoms in total. The van der Waals surface area contributed by atoms with Crippen LogP contribution in [0.5, 0.6) is 5.75 Å². The van der Waals surface area contributed by atoms with E-state index in [1.165, 1.54) is 0 Å². The van der Waals surface area contributed by atoms with Gasteiger partial charge in [0.1, 0.15) is 18.1 Å². The van der Waals surface area contributed by atoms with Gasteiger partial charge in [-0.15, -0.1) is 0 Å². The lowest BCUT2D eigenvalue weighted by Gasteiger charge is -2.07. The fraction of sp³-hybridized carbons (Fsp3) is 0.286. The number of benzene rings is 1. The van der Waals surface area contributed by atoms with Crippen LogP contribution in [-0.2, 0) is 6.54 Å². The van der Waals surface area contributed by atoms with Gasteiger partial charge in [0.25, 0.3) is 0 Å². The molecule has 0 aliphatic rings. The Morgan fingerprint density at radius 3 is 2.61 bits per heavy atom. The van der Waals surface area contributed by atoms with Gasteiger partial charge >= 0.3 is 0 Å². The molecule has 0 atom stereocenters. The summed E-state index contributed by atoms with van der Waals surface area (Å²) in [4.78, 5) is 0. The first-order valence-corrected chi connectivity index (χ1v) is 5.90. The predicted octanol–water partition coefficient (Wildman–Crippen LogP) is 2.57. The molecule has 1 aromatic carbocycles. The Kier molecular flexibility index (Phi) is 4.25. The topological polar surface area (TPSA) is 54.6 Å². The molecule has 18 heavy (non-hydrogen) atoms. The van der Waals surface area contributed by atoms with Crippen molar-refractivity contribution in [2.45, 2.75) is 13.5 Å². The van der Waals surface area contributed by atoms with Gasteiger partial charge in [-0.05, 0) is 42.8 Å². The summed E-state index contributed by atoms with van der Waals surface area (Å²) in [5.74, 6) is 1.69. The predicted molar refractivity (Wildman–Crippen MR) is 69.8 cm³/mol. The zero-order valence-electron chi connectivity index (χ0n) is 10.3. The number of hydrogen-bond donors (Lipinski definition) is 2. The number of furan rings is 1. The number of ether oxygens (including phenoxy) is 1. The number of hydrogen-bond acceptors (Lipinski definition) is 4. The second-order valence-corrected chi connectivity index (χ2v) is 3.98. The fourth-order valence-corrected chi connectivity index (χ4v) is 1.60. The molecule has 0 unspecified atom stereocenters. The third-order valence-electron chi connectivity index (χ3n) is 2.64. The van der Waals surface area contributed by atoms with Gasteiger partial charge in [0, 0.05) is 5.69 Å². The Bertz CT molecular complexity index is 476. The highest BCUT2D eigenvalue weighted by molar-refractivity contribution is 5.46. The Morgan fingerprint density at radius 1 is 1.22 bits per heavy atom. The van der Waals surface area contributed by atoms with Crippen molar-refractivity contribution in [3.63, 3.8) is 0 Å². The molecular formula is C14H17NO3. The number of aliphatic hydroxyl groups excluding tert-OH is 1. The highest BCUT2D eigenvalue weighted by atomic mass is 16.5. The lowest BCUT2D eigenvalue weighted by molar-refractivity contribution is 0.201. The third kappa shape index (κ3) is 3.28. The monoisotopic (exact) mass is 247 g/mol.